The largest absolute Gasteiger partial charge is 0.330 e. The van der Waals surface area contributed by atoms with Crippen LogP contribution in [0, 0.1) is 0 Å². The standard InChI is InChI=1S/C15H13NOS/c16-9-8-10-4-3-6-12-14(17)11-5-1-2-7-13(11)18-15(10)12/h1-7H,8-9,16H2. The fraction of sp³-hybridized carbons (Fsp3) is 0.133. The molecule has 3 rings (SSSR count). The second kappa shape index (κ2) is 4.52. The lowest BCUT2D eigenvalue weighted by Crippen LogP contribution is -2.05. The average Bonchev–Trinajstić information content (AvgIpc) is 2.40. The average molecular weight is 255 g/mol. The van der Waals surface area contributed by atoms with Crippen molar-refractivity contribution in [2.75, 3.05) is 6.54 Å². The zero-order valence-electron chi connectivity index (χ0n) is 9.85. The smallest absolute Gasteiger partial charge is 0.195 e. The summed E-state index contributed by atoms with van der Waals surface area (Å²) in [5.41, 5.74) is 6.92. The molecule has 0 aliphatic carbocycles. The molecule has 0 fully saturated rings. The molecule has 0 aliphatic rings. The van der Waals surface area contributed by atoms with E-state index >= 15 is 0 Å². The molecule has 0 radical (unpaired) electrons. The van der Waals surface area contributed by atoms with Crippen LogP contribution in [0.1, 0.15) is 5.56 Å². The Morgan fingerprint density at radius 3 is 2.61 bits per heavy atom. The molecule has 0 aliphatic heterocycles. The van der Waals surface area contributed by atoms with E-state index < -0.39 is 0 Å². The Morgan fingerprint density at radius 2 is 1.78 bits per heavy atom. The first-order valence-electron chi connectivity index (χ1n) is 5.95. The Bertz CT molecular complexity index is 776. The summed E-state index contributed by atoms with van der Waals surface area (Å²) in [5.74, 6) is 0. The number of rotatable bonds is 2. The molecular weight excluding hydrogens is 242 g/mol. The zero-order chi connectivity index (χ0) is 12.5. The minimum Gasteiger partial charge on any atom is -0.330 e. The van der Waals surface area contributed by atoms with Crippen molar-refractivity contribution in [1.29, 1.82) is 0 Å². The van der Waals surface area contributed by atoms with Gasteiger partial charge in [0.1, 0.15) is 0 Å². The van der Waals surface area contributed by atoms with Crippen molar-refractivity contribution >= 4 is 31.5 Å². The van der Waals surface area contributed by atoms with E-state index in [9.17, 15) is 4.79 Å². The van der Waals surface area contributed by atoms with Crippen molar-refractivity contribution in [2.45, 2.75) is 6.42 Å². The molecule has 0 unspecified atom stereocenters. The van der Waals surface area contributed by atoms with Gasteiger partial charge in [0.2, 0.25) is 0 Å². The molecule has 1 aromatic heterocycles. The Balaban J connectivity index is 2.47. The van der Waals surface area contributed by atoms with Crippen LogP contribution in [0.15, 0.2) is 47.3 Å². The summed E-state index contributed by atoms with van der Waals surface area (Å²) >= 11 is 1.68. The lowest BCUT2D eigenvalue weighted by molar-refractivity contribution is 0.979. The number of fused-ring (bicyclic) bond motifs is 2. The number of nitrogens with two attached hydrogens (primary N) is 1. The van der Waals surface area contributed by atoms with Crippen molar-refractivity contribution < 1.29 is 0 Å². The van der Waals surface area contributed by atoms with Gasteiger partial charge in [0.15, 0.2) is 5.43 Å². The quantitative estimate of drug-likeness (QED) is 0.715. The van der Waals surface area contributed by atoms with E-state index in [0.29, 0.717) is 6.54 Å². The van der Waals surface area contributed by atoms with E-state index in [1.54, 1.807) is 11.3 Å². The molecule has 18 heavy (non-hydrogen) atoms. The van der Waals surface area contributed by atoms with Crippen molar-refractivity contribution in [3.63, 3.8) is 0 Å². The Labute approximate surface area is 109 Å². The lowest BCUT2D eigenvalue weighted by atomic mass is 10.1. The van der Waals surface area contributed by atoms with Gasteiger partial charge in [-0.1, -0.05) is 24.3 Å². The summed E-state index contributed by atoms with van der Waals surface area (Å²) in [6.07, 6.45) is 0.811. The van der Waals surface area contributed by atoms with Gasteiger partial charge in [0.05, 0.1) is 0 Å². The van der Waals surface area contributed by atoms with E-state index in [-0.39, 0.29) is 5.43 Å². The van der Waals surface area contributed by atoms with Crippen molar-refractivity contribution in [3.05, 3.63) is 58.3 Å². The van der Waals surface area contributed by atoms with E-state index in [4.69, 9.17) is 5.73 Å². The summed E-state index contributed by atoms with van der Waals surface area (Å²) in [5, 5.41) is 1.62. The molecule has 0 spiro atoms. The highest BCUT2D eigenvalue weighted by atomic mass is 32.1. The van der Waals surface area contributed by atoms with Gasteiger partial charge in [-0.15, -0.1) is 11.3 Å². The van der Waals surface area contributed by atoms with Crippen LogP contribution in [-0.2, 0) is 6.42 Å². The zero-order valence-corrected chi connectivity index (χ0v) is 10.7. The van der Waals surface area contributed by atoms with Gasteiger partial charge in [0, 0.05) is 20.2 Å². The molecule has 1 heterocycles. The molecule has 0 amide bonds. The molecular formula is C15H13NOS. The lowest BCUT2D eigenvalue weighted by Gasteiger charge is -2.05. The molecule has 2 aromatic carbocycles. The maximum absolute atomic E-state index is 12.4. The first-order chi connectivity index (χ1) is 8.81. The highest BCUT2D eigenvalue weighted by molar-refractivity contribution is 7.24. The van der Waals surface area contributed by atoms with Crippen LogP contribution in [0.3, 0.4) is 0 Å². The second-order valence-electron chi connectivity index (χ2n) is 4.26. The fourth-order valence-electron chi connectivity index (χ4n) is 2.23. The third kappa shape index (κ3) is 1.72. The first-order valence-corrected chi connectivity index (χ1v) is 6.76. The number of hydrogen-bond donors (Lipinski definition) is 1. The highest BCUT2D eigenvalue weighted by Gasteiger charge is 2.08. The van der Waals surface area contributed by atoms with Gasteiger partial charge in [0.25, 0.3) is 0 Å². The molecule has 0 saturated carbocycles. The Morgan fingerprint density at radius 1 is 1.00 bits per heavy atom. The van der Waals surface area contributed by atoms with Gasteiger partial charge in [-0.25, -0.2) is 0 Å². The normalized spacial score (nSPS) is 11.2. The second-order valence-corrected chi connectivity index (χ2v) is 5.31. The summed E-state index contributed by atoms with van der Waals surface area (Å²) in [4.78, 5) is 12.4. The van der Waals surface area contributed by atoms with Crippen molar-refractivity contribution in [1.82, 2.24) is 0 Å². The van der Waals surface area contributed by atoms with Crippen LogP contribution in [0.5, 0.6) is 0 Å². The van der Waals surface area contributed by atoms with Gasteiger partial charge in [-0.2, -0.15) is 0 Å². The number of benzene rings is 2. The van der Waals surface area contributed by atoms with E-state index in [1.807, 2.05) is 36.4 Å². The summed E-state index contributed by atoms with van der Waals surface area (Å²) < 4.78 is 2.12. The van der Waals surface area contributed by atoms with Gasteiger partial charge >= 0.3 is 0 Å². The maximum Gasteiger partial charge on any atom is 0.195 e. The first kappa shape index (κ1) is 11.4. The fourth-order valence-corrected chi connectivity index (χ4v) is 3.44. The summed E-state index contributed by atoms with van der Waals surface area (Å²) in [6.45, 7) is 0.604. The number of hydrogen-bond acceptors (Lipinski definition) is 3. The predicted molar refractivity (Wildman–Crippen MR) is 78.4 cm³/mol. The van der Waals surface area contributed by atoms with Crippen LogP contribution >= 0.6 is 11.3 Å². The molecule has 0 atom stereocenters. The molecule has 0 bridgehead atoms. The SMILES string of the molecule is NCCc1cccc2c(=O)c3ccccc3sc12. The molecule has 3 aromatic rings. The van der Waals surface area contributed by atoms with Gasteiger partial charge < -0.3 is 5.73 Å². The maximum atomic E-state index is 12.4. The van der Waals surface area contributed by atoms with Gasteiger partial charge in [-0.3, -0.25) is 4.79 Å². The third-order valence-electron chi connectivity index (χ3n) is 3.10. The minimum atomic E-state index is 0.123. The highest BCUT2D eigenvalue weighted by Crippen LogP contribution is 2.27. The minimum absolute atomic E-state index is 0.123. The van der Waals surface area contributed by atoms with Crippen LogP contribution in [-0.4, -0.2) is 6.54 Å². The van der Waals surface area contributed by atoms with Crippen LogP contribution in [0.25, 0.3) is 20.2 Å². The molecule has 2 nitrogen and oxygen atoms in total. The third-order valence-corrected chi connectivity index (χ3v) is 4.36. The Kier molecular flexibility index (Phi) is 2.86. The van der Waals surface area contributed by atoms with Gasteiger partial charge in [-0.05, 0) is 36.7 Å². The molecule has 0 saturated heterocycles. The monoisotopic (exact) mass is 255 g/mol. The topological polar surface area (TPSA) is 43.1 Å². The van der Waals surface area contributed by atoms with Crippen molar-refractivity contribution in [2.24, 2.45) is 5.73 Å². The van der Waals surface area contributed by atoms with Crippen LogP contribution in [0.4, 0.5) is 0 Å². The van der Waals surface area contributed by atoms with E-state index in [2.05, 4.69) is 6.07 Å². The van der Waals surface area contributed by atoms with Crippen LogP contribution in [0.2, 0.25) is 0 Å². The van der Waals surface area contributed by atoms with Crippen LogP contribution < -0.4 is 11.2 Å². The summed E-state index contributed by atoms with van der Waals surface area (Å²) in [7, 11) is 0. The van der Waals surface area contributed by atoms with E-state index in [0.717, 1.165) is 26.6 Å². The summed E-state index contributed by atoms with van der Waals surface area (Å²) in [6, 6.07) is 13.7. The molecule has 2 N–H and O–H groups in total. The predicted octanol–water partition coefficient (Wildman–Crippen LogP) is 2.92. The van der Waals surface area contributed by atoms with Crippen molar-refractivity contribution in [3.8, 4) is 0 Å². The molecule has 3 heteroatoms. The molecule has 90 valence electrons. The Hall–Kier alpha value is -1.71. The van der Waals surface area contributed by atoms with E-state index in [1.165, 1.54) is 5.56 Å².